The number of anilines is 1. The lowest BCUT2D eigenvalue weighted by Crippen LogP contribution is -2.58. The van der Waals surface area contributed by atoms with Gasteiger partial charge in [0.1, 0.15) is 11.6 Å². The first-order valence-corrected chi connectivity index (χ1v) is 15.4. The minimum Gasteiger partial charge on any atom is -0.359 e. The van der Waals surface area contributed by atoms with Crippen molar-refractivity contribution in [3.8, 4) is 0 Å². The second-order valence-electron chi connectivity index (χ2n) is 12.5. The standard InChI is InChI=1S/C32H40ClN3O4/c1-19-8-6-13-24(20(19)2)35-30(38)28-32-16-14-25(40-32)26(29(37)34-23-12-7-11-22(33)18-23)27(32)31(39)36(28)17-15-21-9-4-3-5-10-21/h7,9,11-12,14,16,18-20,24-28H,3-6,8,10,13,15,17H2,1-2H3,(H,34,37)(H,35,38)/t19-,20-,24+,25+,26+,27+,28+,32+/m1/s1. The van der Waals surface area contributed by atoms with Gasteiger partial charge in [0.05, 0.1) is 17.9 Å². The highest BCUT2D eigenvalue weighted by Crippen LogP contribution is 2.55. The molecule has 2 saturated heterocycles. The third kappa shape index (κ3) is 4.79. The van der Waals surface area contributed by atoms with Crippen LogP contribution in [0.3, 0.4) is 0 Å². The van der Waals surface area contributed by atoms with E-state index in [4.69, 9.17) is 16.3 Å². The van der Waals surface area contributed by atoms with Gasteiger partial charge in [-0.05, 0) is 68.6 Å². The summed E-state index contributed by atoms with van der Waals surface area (Å²) in [6.07, 6.45) is 13.9. The zero-order chi connectivity index (χ0) is 28.0. The van der Waals surface area contributed by atoms with Crippen LogP contribution in [0.1, 0.15) is 65.2 Å². The molecule has 3 fully saturated rings. The molecule has 7 nitrogen and oxygen atoms in total. The molecule has 3 amide bonds. The van der Waals surface area contributed by atoms with Gasteiger partial charge in [-0.15, -0.1) is 0 Å². The number of halogens is 1. The summed E-state index contributed by atoms with van der Waals surface area (Å²) >= 11 is 6.14. The van der Waals surface area contributed by atoms with Crippen LogP contribution in [-0.4, -0.2) is 53.0 Å². The first kappa shape index (κ1) is 27.5. The molecule has 0 unspecified atom stereocenters. The van der Waals surface area contributed by atoms with Crippen molar-refractivity contribution in [1.82, 2.24) is 10.2 Å². The Kier molecular flexibility index (Phi) is 7.55. The first-order valence-electron chi connectivity index (χ1n) is 15.0. The Morgan fingerprint density at radius 2 is 2.00 bits per heavy atom. The van der Waals surface area contributed by atoms with Crippen molar-refractivity contribution in [2.24, 2.45) is 23.7 Å². The summed E-state index contributed by atoms with van der Waals surface area (Å²) in [5.41, 5.74) is 0.769. The molecule has 1 spiro atoms. The smallest absolute Gasteiger partial charge is 0.246 e. The molecule has 8 atom stereocenters. The maximum Gasteiger partial charge on any atom is 0.246 e. The number of hydrogen-bond acceptors (Lipinski definition) is 4. The molecule has 1 aromatic rings. The van der Waals surface area contributed by atoms with Gasteiger partial charge < -0.3 is 20.3 Å². The molecule has 2 N–H and O–H groups in total. The number of nitrogens with one attached hydrogen (secondary N) is 2. The van der Waals surface area contributed by atoms with Crippen LogP contribution in [0, 0.1) is 23.7 Å². The monoisotopic (exact) mass is 565 g/mol. The summed E-state index contributed by atoms with van der Waals surface area (Å²) in [6.45, 7) is 4.90. The minimum atomic E-state index is -1.15. The summed E-state index contributed by atoms with van der Waals surface area (Å²) in [5, 5.41) is 6.79. The van der Waals surface area contributed by atoms with Crippen LogP contribution in [0.2, 0.25) is 5.02 Å². The number of likely N-dealkylation sites (tertiary alicyclic amines) is 1. The third-order valence-corrected chi connectivity index (χ3v) is 10.3. The Bertz CT molecular complexity index is 1250. The van der Waals surface area contributed by atoms with Gasteiger partial charge in [0.2, 0.25) is 17.7 Å². The van der Waals surface area contributed by atoms with Gasteiger partial charge in [-0.25, -0.2) is 0 Å². The summed E-state index contributed by atoms with van der Waals surface area (Å²) in [6, 6.07) is 6.23. The van der Waals surface area contributed by atoms with E-state index in [0.29, 0.717) is 29.1 Å². The van der Waals surface area contributed by atoms with Gasteiger partial charge in [0, 0.05) is 23.3 Å². The van der Waals surface area contributed by atoms with E-state index in [1.807, 2.05) is 12.2 Å². The summed E-state index contributed by atoms with van der Waals surface area (Å²) in [5.74, 6) is -1.21. The number of allylic oxidation sites excluding steroid dienone is 1. The lowest BCUT2D eigenvalue weighted by molar-refractivity contribution is -0.141. The number of carbonyl (C=O) groups excluding carboxylic acids is 3. The van der Waals surface area contributed by atoms with Crippen LogP contribution in [0.5, 0.6) is 0 Å². The second kappa shape index (κ2) is 11.0. The highest BCUT2D eigenvalue weighted by molar-refractivity contribution is 6.30. The van der Waals surface area contributed by atoms with Crippen LogP contribution in [-0.2, 0) is 19.1 Å². The maximum atomic E-state index is 14.2. The van der Waals surface area contributed by atoms with Gasteiger partial charge in [0.15, 0.2) is 0 Å². The van der Waals surface area contributed by atoms with Crippen molar-refractivity contribution < 1.29 is 19.1 Å². The SMILES string of the molecule is C[C@@H]1[C@H](C)CCC[C@@H]1NC(=O)[C@@H]1N(CCC2=CCCCC2)C(=O)[C@@H]2[C@@H](C(=O)Nc3cccc(Cl)c3)[C@@H]3C=C[C@]21O3. The quantitative estimate of drug-likeness (QED) is 0.441. The number of fused-ring (bicyclic) bond motifs is 1. The van der Waals surface area contributed by atoms with E-state index < -0.39 is 29.6 Å². The molecule has 214 valence electrons. The highest BCUT2D eigenvalue weighted by atomic mass is 35.5. The van der Waals surface area contributed by atoms with E-state index in [2.05, 4.69) is 30.6 Å². The number of ether oxygens (including phenoxy) is 1. The average Bonchev–Trinajstić information content (AvgIpc) is 3.58. The minimum absolute atomic E-state index is 0.0641. The molecule has 8 heteroatoms. The predicted molar refractivity (Wildman–Crippen MR) is 155 cm³/mol. The third-order valence-electron chi connectivity index (χ3n) is 10.1. The number of nitrogens with zero attached hydrogens (tertiary/aromatic N) is 1. The van der Waals surface area contributed by atoms with E-state index in [0.717, 1.165) is 38.5 Å². The number of rotatable bonds is 7. The average molecular weight is 566 g/mol. The zero-order valence-electron chi connectivity index (χ0n) is 23.4. The molecule has 6 rings (SSSR count). The van der Waals surface area contributed by atoms with Crippen LogP contribution in [0.25, 0.3) is 0 Å². The fourth-order valence-corrected chi connectivity index (χ4v) is 7.93. The lowest BCUT2D eigenvalue weighted by Gasteiger charge is -2.38. The van der Waals surface area contributed by atoms with Gasteiger partial charge in [-0.3, -0.25) is 14.4 Å². The molecular weight excluding hydrogens is 526 g/mol. The number of carbonyl (C=O) groups is 3. The predicted octanol–water partition coefficient (Wildman–Crippen LogP) is 5.26. The Morgan fingerprint density at radius 1 is 1.15 bits per heavy atom. The summed E-state index contributed by atoms with van der Waals surface area (Å²) in [4.78, 5) is 43.7. The van der Waals surface area contributed by atoms with E-state index >= 15 is 0 Å². The molecule has 2 aliphatic carbocycles. The van der Waals surface area contributed by atoms with Crippen LogP contribution in [0.4, 0.5) is 5.69 Å². The largest absolute Gasteiger partial charge is 0.359 e. The Balaban J connectivity index is 1.29. The van der Waals surface area contributed by atoms with Crippen molar-refractivity contribution in [2.75, 3.05) is 11.9 Å². The fraction of sp³-hybridized carbons (Fsp3) is 0.594. The van der Waals surface area contributed by atoms with Crippen molar-refractivity contribution in [2.45, 2.75) is 89.0 Å². The van der Waals surface area contributed by atoms with Gasteiger partial charge >= 0.3 is 0 Å². The van der Waals surface area contributed by atoms with Crippen LogP contribution in [0.15, 0.2) is 48.1 Å². The summed E-state index contributed by atoms with van der Waals surface area (Å²) in [7, 11) is 0. The Hall–Kier alpha value is -2.64. The Labute approximate surface area is 241 Å². The number of amides is 3. The van der Waals surface area contributed by atoms with E-state index in [1.54, 1.807) is 29.2 Å². The van der Waals surface area contributed by atoms with Crippen LogP contribution >= 0.6 is 11.6 Å². The molecule has 1 saturated carbocycles. The zero-order valence-corrected chi connectivity index (χ0v) is 24.2. The van der Waals surface area contributed by atoms with Crippen molar-refractivity contribution in [1.29, 1.82) is 0 Å². The highest BCUT2D eigenvalue weighted by Gasteiger charge is 2.72. The normalized spacial score (nSPS) is 36.4. The van der Waals surface area contributed by atoms with Gasteiger partial charge in [0.25, 0.3) is 0 Å². The molecule has 1 aromatic carbocycles. The van der Waals surface area contributed by atoms with Gasteiger partial charge in [-0.2, -0.15) is 0 Å². The van der Waals surface area contributed by atoms with Crippen molar-refractivity contribution in [3.63, 3.8) is 0 Å². The molecule has 3 aliphatic heterocycles. The molecule has 0 radical (unpaired) electrons. The van der Waals surface area contributed by atoms with Crippen LogP contribution < -0.4 is 10.6 Å². The van der Waals surface area contributed by atoms with Gasteiger partial charge in [-0.1, -0.05) is 68.2 Å². The maximum absolute atomic E-state index is 14.2. The van der Waals surface area contributed by atoms with E-state index in [9.17, 15) is 14.4 Å². The second-order valence-corrected chi connectivity index (χ2v) is 12.9. The van der Waals surface area contributed by atoms with Crippen molar-refractivity contribution in [3.05, 3.63) is 53.1 Å². The molecular formula is C32H40ClN3O4. The topological polar surface area (TPSA) is 87.7 Å². The van der Waals surface area contributed by atoms with Crippen molar-refractivity contribution >= 4 is 35.0 Å². The molecule has 5 aliphatic rings. The molecule has 40 heavy (non-hydrogen) atoms. The number of hydrogen-bond donors (Lipinski definition) is 2. The molecule has 0 aromatic heterocycles. The lowest BCUT2D eigenvalue weighted by atomic mass is 9.73. The molecule has 2 bridgehead atoms. The first-order chi connectivity index (χ1) is 19.3. The fourth-order valence-electron chi connectivity index (χ4n) is 7.74. The number of benzene rings is 1. The van der Waals surface area contributed by atoms with E-state index in [1.165, 1.54) is 18.4 Å². The van der Waals surface area contributed by atoms with E-state index in [-0.39, 0.29) is 23.8 Å². The molecule has 3 heterocycles. The Morgan fingerprint density at radius 3 is 2.77 bits per heavy atom. The summed E-state index contributed by atoms with van der Waals surface area (Å²) < 4.78 is 6.51.